The topological polar surface area (TPSA) is 49.8 Å². The van der Waals surface area contributed by atoms with Gasteiger partial charge in [0.25, 0.3) is 5.91 Å². The Bertz CT molecular complexity index is 872. The lowest BCUT2D eigenvalue weighted by atomic mass is 9.85. The number of thiophene rings is 1. The summed E-state index contributed by atoms with van der Waals surface area (Å²) in [6.07, 6.45) is 1.04. The van der Waals surface area contributed by atoms with Crippen LogP contribution in [-0.4, -0.2) is 41.7 Å². The Morgan fingerprint density at radius 2 is 2.04 bits per heavy atom. The van der Waals surface area contributed by atoms with E-state index in [1.807, 2.05) is 6.07 Å². The third kappa shape index (κ3) is 3.28. The van der Waals surface area contributed by atoms with E-state index in [1.54, 1.807) is 4.90 Å². The van der Waals surface area contributed by atoms with E-state index in [9.17, 15) is 18.7 Å². The number of nitrogens with zero attached hydrogens (tertiary/aromatic N) is 1. The Morgan fingerprint density at radius 1 is 1.30 bits per heavy atom. The van der Waals surface area contributed by atoms with Gasteiger partial charge >= 0.3 is 0 Å². The van der Waals surface area contributed by atoms with E-state index >= 15 is 0 Å². The molecule has 1 spiro atoms. The largest absolute Gasteiger partial charge is 0.384 e. The van der Waals surface area contributed by atoms with Crippen molar-refractivity contribution in [1.29, 1.82) is 0 Å². The van der Waals surface area contributed by atoms with Gasteiger partial charge < -0.3 is 14.7 Å². The molecule has 4 rings (SSSR count). The molecule has 1 N–H and O–H groups in total. The van der Waals surface area contributed by atoms with Crippen molar-refractivity contribution in [2.45, 2.75) is 37.9 Å². The molecule has 0 bridgehead atoms. The van der Waals surface area contributed by atoms with Crippen molar-refractivity contribution in [2.75, 3.05) is 19.7 Å². The first-order valence-electron chi connectivity index (χ1n) is 9.09. The van der Waals surface area contributed by atoms with Crippen LogP contribution in [0.3, 0.4) is 0 Å². The van der Waals surface area contributed by atoms with E-state index in [0.717, 1.165) is 27.8 Å². The molecule has 1 aromatic heterocycles. The Labute approximate surface area is 160 Å². The fourth-order valence-electron chi connectivity index (χ4n) is 3.97. The van der Waals surface area contributed by atoms with Crippen molar-refractivity contribution in [2.24, 2.45) is 0 Å². The molecule has 1 amide bonds. The number of hydrogen-bond donors (Lipinski definition) is 1. The average Bonchev–Trinajstić information content (AvgIpc) is 3.07. The maximum absolute atomic E-state index is 14.2. The predicted octanol–water partition coefficient (Wildman–Crippen LogP) is 3.46. The van der Waals surface area contributed by atoms with Crippen molar-refractivity contribution in [3.63, 3.8) is 0 Å². The van der Waals surface area contributed by atoms with Gasteiger partial charge in [-0.3, -0.25) is 4.79 Å². The summed E-state index contributed by atoms with van der Waals surface area (Å²) in [7, 11) is 0. The van der Waals surface area contributed by atoms with Crippen LogP contribution in [-0.2, 0) is 21.6 Å². The Morgan fingerprint density at radius 3 is 2.70 bits per heavy atom. The second-order valence-corrected chi connectivity index (χ2v) is 8.24. The third-order valence-electron chi connectivity index (χ3n) is 5.41. The summed E-state index contributed by atoms with van der Waals surface area (Å²) in [5.41, 5.74) is 1.07. The molecule has 0 aliphatic carbocycles. The molecule has 4 nitrogen and oxygen atoms in total. The summed E-state index contributed by atoms with van der Waals surface area (Å²) < 4.78 is 33.6. The first kappa shape index (κ1) is 18.5. The Hall–Kier alpha value is -1.83. The number of carbonyl (C=O) groups excluding carboxylic acids is 1. The van der Waals surface area contributed by atoms with Crippen LogP contribution in [0.15, 0.2) is 24.3 Å². The number of fused-ring (bicyclic) bond motifs is 2. The number of piperidine rings is 1. The van der Waals surface area contributed by atoms with E-state index < -0.39 is 23.3 Å². The zero-order chi connectivity index (χ0) is 19.2. The molecular formula is C20H21F2NO3S. The lowest BCUT2D eigenvalue weighted by Crippen LogP contribution is -2.49. The van der Waals surface area contributed by atoms with Gasteiger partial charge in [-0.25, -0.2) is 8.78 Å². The maximum atomic E-state index is 14.2. The summed E-state index contributed by atoms with van der Waals surface area (Å²) >= 11 is 1.49. The Balaban J connectivity index is 1.63. The van der Waals surface area contributed by atoms with Gasteiger partial charge in [-0.05, 0) is 49.9 Å². The van der Waals surface area contributed by atoms with Gasteiger partial charge in [-0.1, -0.05) is 0 Å². The first-order chi connectivity index (χ1) is 12.9. The zero-order valence-electron chi connectivity index (χ0n) is 15.0. The number of likely N-dealkylation sites (tertiary alicyclic amines) is 1. The van der Waals surface area contributed by atoms with Crippen LogP contribution in [0.5, 0.6) is 0 Å². The molecule has 3 heterocycles. The number of halogens is 2. The lowest BCUT2D eigenvalue weighted by Gasteiger charge is -2.44. The van der Waals surface area contributed by atoms with Gasteiger partial charge in [0.05, 0.1) is 6.61 Å². The minimum Gasteiger partial charge on any atom is -0.384 e. The monoisotopic (exact) mass is 393 g/mol. The van der Waals surface area contributed by atoms with Gasteiger partial charge in [0.2, 0.25) is 0 Å². The molecule has 7 heteroatoms. The first-order valence-corrected chi connectivity index (χ1v) is 9.91. The smallest absolute Gasteiger partial charge is 0.251 e. The second kappa shape index (κ2) is 6.96. The molecule has 1 saturated heterocycles. The maximum Gasteiger partial charge on any atom is 0.251 e. The molecule has 144 valence electrons. The standard InChI is InChI=1S/C20H21F2NO3S/c1-12(24)19(25)23-7-5-20(6-8-23)18-13(4-9-26-20)10-17(27-18)15-3-2-14(21)11-16(15)22/h2-3,10-12,24H,4-9H2,1H3. The van der Waals surface area contributed by atoms with E-state index in [0.29, 0.717) is 38.1 Å². The number of amides is 1. The van der Waals surface area contributed by atoms with Crippen LogP contribution in [0.4, 0.5) is 8.78 Å². The average molecular weight is 393 g/mol. The van der Waals surface area contributed by atoms with Crippen molar-refractivity contribution in [3.8, 4) is 10.4 Å². The molecule has 27 heavy (non-hydrogen) atoms. The van der Waals surface area contributed by atoms with Gasteiger partial charge in [0, 0.05) is 34.5 Å². The number of hydrogen-bond acceptors (Lipinski definition) is 4. The van der Waals surface area contributed by atoms with Gasteiger partial charge in [-0.2, -0.15) is 0 Å². The normalized spacial score (nSPS) is 19.8. The number of benzene rings is 1. The summed E-state index contributed by atoms with van der Waals surface area (Å²) in [6, 6.07) is 5.62. The molecule has 2 aromatic rings. The number of aliphatic hydroxyl groups excluding tert-OH is 1. The van der Waals surface area contributed by atoms with Gasteiger partial charge in [-0.15, -0.1) is 11.3 Å². The van der Waals surface area contributed by atoms with Gasteiger partial charge in [0.15, 0.2) is 0 Å². The quantitative estimate of drug-likeness (QED) is 0.850. The number of rotatable bonds is 2. The van der Waals surface area contributed by atoms with Crippen LogP contribution in [0, 0.1) is 11.6 Å². The summed E-state index contributed by atoms with van der Waals surface area (Å²) in [4.78, 5) is 15.6. The molecule has 1 atom stereocenters. The molecule has 0 radical (unpaired) electrons. The summed E-state index contributed by atoms with van der Waals surface area (Å²) in [5.74, 6) is -1.42. The van der Waals surface area contributed by atoms with Crippen LogP contribution in [0.25, 0.3) is 10.4 Å². The molecule has 1 unspecified atom stereocenters. The van der Waals surface area contributed by atoms with E-state index in [-0.39, 0.29) is 5.91 Å². The summed E-state index contributed by atoms with van der Waals surface area (Å²) in [5, 5.41) is 9.53. The summed E-state index contributed by atoms with van der Waals surface area (Å²) in [6.45, 7) is 3.09. The van der Waals surface area contributed by atoms with E-state index in [4.69, 9.17) is 4.74 Å². The van der Waals surface area contributed by atoms with Crippen LogP contribution < -0.4 is 0 Å². The number of carbonyl (C=O) groups is 1. The molecule has 2 aliphatic heterocycles. The number of ether oxygens (including phenoxy) is 1. The van der Waals surface area contributed by atoms with E-state index in [2.05, 4.69) is 0 Å². The van der Waals surface area contributed by atoms with E-state index in [1.165, 1.54) is 30.4 Å². The van der Waals surface area contributed by atoms with Crippen molar-refractivity contribution in [3.05, 3.63) is 46.3 Å². The molecule has 1 fully saturated rings. The molecule has 2 aliphatic rings. The highest BCUT2D eigenvalue weighted by Crippen LogP contribution is 2.47. The molecular weight excluding hydrogens is 372 g/mol. The minimum absolute atomic E-state index is 0.263. The highest BCUT2D eigenvalue weighted by atomic mass is 32.1. The number of aliphatic hydroxyl groups is 1. The lowest BCUT2D eigenvalue weighted by molar-refractivity contribution is -0.147. The highest BCUT2D eigenvalue weighted by molar-refractivity contribution is 7.15. The fraction of sp³-hybridized carbons (Fsp3) is 0.450. The zero-order valence-corrected chi connectivity index (χ0v) is 15.8. The van der Waals surface area contributed by atoms with Gasteiger partial charge in [0.1, 0.15) is 23.3 Å². The molecule has 0 saturated carbocycles. The third-order valence-corrected chi connectivity index (χ3v) is 6.81. The fourth-order valence-corrected chi connectivity index (χ4v) is 5.41. The SMILES string of the molecule is CC(O)C(=O)N1CCC2(CC1)OCCc1cc(-c3ccc(F)cc3F)sc12. The van der Waals surface area contributed by atoms with Crippen LogP contribution >= 0.6 is 11.3 Å². The minimum atomic E-state index is -1.00. The van der Waals surface area contributed by atoms with Crippen molar-refractivity contribution in [1.82, 2.24) is 4.90 Å². The highest BCUT2D eigenvalue weighted by Gasteiger charge is 2.43. The van der Waals surface area contributed by atoms with Crippen LogP contribution in [0.2, 0.25) is 0 Å². The van der Waals surface area contributed by atoms with Crippen LogP contribution in [0.1, 0.15) is 30.2 Å². The van der Waals surface area contributed by atoms with Crippen molar-refractivity contribution < 1.29 is 23.4 Å². The Kier molecular flexibility index (Phi) is 4.78. The predicted molar refractivity (Wildman–Crippen MR) is 98.5 cm³/mol. The molecule has 1 aromatic carbocycles. The van der Waals surface area contributed by atoms with Crippen molar-refractivity contribution >= 4 is 17.2 Å². The second-order valence-electron chi connectivity index (χ2n) is 7.18.